The summed E-state index contributed by atoms with van der Waals surface area (Å²) in [4.78, 5) is 14.5. The molecule has 0 bridgehead atoms. The lowest BCUT2D eigenvalue weighted by atomic mass is 10.1. The summed E-state index contributed by atoms with van der Waals surface area (Å²) in [6.45, 7) is 2.37. The Morgan fingerprint density at radius 2 is 2.04 bits per heavy atom. The largest absolute Gasteiger partial charge is 0.487 e. The lowest BCUT2D eigenvalue weighted by molar-refractivity contribution is -0.143. The minimum Gasteiger partial charge on any atom is -0.487 e. The van der Waals surface area contributed by atoms with E-state index >= 15 is 0 Å². The number of hydrogen-bond acceptors (Lipinski definition) is 6. The highest BCUT2D eigenvalue weighted by molar-refractivity contribution is 8.01. The number of ether oxygens (including phenoxy) is 2. The summed E-state index contributed by atoms with van der Waals surface area (Å²) < 4.78 is 11.4. The topological polar surface area (TPSA) is 80.7 Å². The fourth-order valence-electron chi connectivity index (χ4n) is 2.53. The second-order valence-electron chi connectivity index (χ2n) is 5.59. The van der Waals surface area contributed by atoms with E-state index in [4.69, 9.17) is 32.7 Å². The van der Waals surface area contributed by atoms with E-state index in [2.05, 4.69) is 10.3 Å². The zero-order valence-corrected chi connectivity index (χ0v) is 16.1. The summed E-state index contributed by atoms with van der Waals surface area (Å²) >= 11 is 13.2. The normalized spacial score (nSPS) is 20.6. The SMILES string of the molecule is CC(Oc1ccc(Oc2ncc(Cl)cc2Cl)cc1)C1(C(=O)O)NCCS1. The molecule has 6 nitrogen and oxygen atoms in total. The first-order chi connectivity index (χ1) is 12.4. The van der Waals surface area contributed by atoms with Crippen molar-refractivity contribution in [3.63, 3.8) is 0 Å². The molecule has 2 N–H and O–H groups in total. The van der Waals surface area contributed by atoms with Crippen LogP contribution >= 0.6 is 35.0 Å². The van der Waals surface area contributed by atoms with Crippen molar-refractivity contribution in [2.75, 3.05) is 12.3 Å². The van der Waals surface area contributed by atoms with Gasteiger partial charge in [0.15, 0.2) is 0 Å². The van der Waals surface area contributed by atoms with Gasteiger partial charge in [-0.05, 0) is 37.3 Å². The van der Waals surface area contributed by atoms with Crippen LogP contribution < -0.4 is 14.8 Å². The number of nitrogens with zero attached hydrogens (tertiary/aromatic N) is 1. The Balaban J connectivity index is 1.68. The molecule has 0 aliphatic carbocycles. The number of halogens is 2. The molecule has 2 unspecified atom stereocenters. The second-order valence-corrected chi connectivity index (χ2v) is 7.77. The van der Waals surface area contributed by atoms with E-state index in [1.54, 1.807) is 37.3 Å². The standard InChI is InChI=1S/C17H16Cl2N2O4S/c1-10(17(16(22)23)21-6-7-26-17)24-12-2-4-13(5-3-12)25-15-14(19)8-11(18)9-20-15/h2-5,8-10,21H,6-7H2,1H3,(H,22,23). The van der Waals surface area contributed by atoms with Crippen LogP contribution in [0.1, 0.15) is 6.92 Å². The average Bonchev–Trinajstić information content (AvgIpc) is 3.10. The molecule has 1 aliphatic heterocycles. The summed E-state index contributed by atoms with van der Waals surface area (Å²) in [5.74, 6) is 1.09. The quantitative estimate of drug-likeness (QED) is 0.736. The third kappa shape index (κ3) is 4.01. The number of thioether (sulfide) groups is 1. The van der Waals surface area contributed by atoms with Gasteiger partial charge in [0.25, 0.3) is 0 Å². The summed E-state index contributed by atoms with van der Waals surface area (Å²) in [6, 6.07) is 8.33. The molecule has 2 heterocycles. The number of nitrogens with one attached hydrogen (secondary N) is 1. The number of carbonyl (C=O) groups is 1. The van der Waals surface area contributed by atoms with E-state index in [1.807, 2.05) is 0 Å². The number of carboxylic acid groups (broad SMARTS) is 1. The Morgan fingerprint density at radius 1 is 1.35 bits per heavy atom. The zero-order chi connectivity index (χ0) is 18.7. The fourth-order valence-corrected chi connectivity index (χ4v) is 4.09. The van der Waals surface area contributed by atoms with Crippen LogP contribution in [-0.2, 0) is 4.79 Å². The number of aliphatic carboxylic acids is 1. The fraction of sp³-hybridized carbons (Fsp3) is 0.294. The summed E-state index contributed by atoms with van der Waals surface area (Å²) in [7, 11) is 0. The van der Waals surface area contributed by atoms with E-state index in [0.29, 0.717) is 28.1 Å². The molecule has 26 heavy (non-hydrogen) atoms. The van der Waals surface area contributed by atoms with Crippen molar-refractivity contribution in [3.05, 3.63) is 46.6 Å². The molecule has 2 atom stereocenters. The first kappa shape index (κ1) is 19.1. The Bertz CT molecular complexity index is 798. The van der Waals surface area contributed by atoms with Crippen LogP contribution in [0, 0.1) is 0 Å². The number of aromatic nitrogens is 1. The molecule has 1 aliphatic rings. The lowest BCUT2D eigenvalue weighted by Gasteiger charge is -2.30. The van der Waals surface area contributed by atoms with Gasteiger partial charge in [-0.1, -0.05) is 23.2 Å². The van der Waals surface area contributed by atoms with Crippen molar-refractivity contribution < 1.29 is 19.4 Å². The molecule has 1 aromatic carbocycles. The van der Waals surface area contributed by atoms with Crippen LogP contribution in [0.25, 0.3) is 0 Å². The van der Waals surface area contributed by atoms with E-state index in [0.717, 1.165) is 5.75 Å². The van der Waals surface area contributed by atoms with Crippen molar-refractivity contribution in [2.45, 2.75) is 17.9 Å². The highest BCUT2D eigenvalue weighted by Gasteiger charge is 2.48. The van der Waals surface area contributed by atoms with Gasteiger partial charge in [0.1, 0.15) is 22.6 Å². The number of pyridine rings is 1. The first-order valence-corrected chi connectivity index (χ1v) is 9.53. The average molecular weight is 415 g/mol. The zero-order valence-electron chi connectivity index (χ0n) is 13.7. The van der Waals surface area contributed by atoms with Crippen LogP contribution in [0.3, 0.4) is 0 Å². The minimum absolute atomic E-state index is 0.245. The van der Waals surface area contributed by atoms with Gasteiger partial charge in [0.2, 0.25) is 10.8 Å². The minimum atomic E-state index is -1.14. The van der Waals surface area contributed by atoms with E-state index in [9.17, 15) is 9.90 Å². The predicted molar refractivity (Wildman–Crippen MR) is 102 cm³/mol. The van der Waals surface area contributed by atoms with Crippen molar-refractivity contribution >= 4 is 40.9 Å². The van der Waals surface area contributed by atoms with Gasteiger partial charge in [-0.3, -0.25) is 5.32 Å². The van der Waals surface area contributed by atoms with Crippen LogP contribution in [0.15, 0.2) is 36.5 Å². The predicted octanol–water partition coefficient (Wildman–Crippen LogP) is 4.07. The van der Waals surface area contributed by atoms with Gasteiger partial charge < -0.3 is 14.6 Å². The number of benzene rings is 1. The first-order valence-electron chi connectivity index (χ1n) is 7.79. The molecule has 0 spiro atoms. The summed E-state index contributed by atoms with van der Waals surface area (Å²) in [5, 5.41) is 13.3. The maximum Gasteiger partial charge on any atom is 0.338 e. The Morgan fingerprint density at radius 3 is 2.62 bits per heavy atom. The molecule has 1 saturated heterocycles. The molecule has 0 saturated carbocycles. The third-order valence-corrected chi connectivity index (χ3v) is 5.83. The van der Waals surface area contributed by atoms with Crippen molar-refractivity contribution in [2.24, 2.45) is 0 Å². The van der Waals surface area contributed by atoms with Crippen molar-refractivity contribution in [3.8, 4) is 17.4 Å². The Labute approximate surface area is 164 Å². The van der Waals surface area contributed by atoms with Gasteiger partial charge in [0, 0.05) is 18.5 Å². The van der Waals surface area contributed by atoms with Crippen LogP contribution in [0.2, 0.25) is 10.0 Å². The molecule has 0 radical (unpaired) electrons. The summed E-state index contributed by atoms with van der Waals surface area (Å²) in [5.41, 5.74) is 0. The molecule has 1 aromatic heterocycles. The molecule has 2 aromatic rings. The molecular weight excluding hydrogens is 399 g/mol. The molecule has 3 rings (SSSR count). The van der Waals surface area contributed by atoms with Gasteiger partial charge in [0.05, 0.1) is 5.02 Å². The van der Waals surface area contributed by atoms with Gasteiger partial charge >= 0.3 is 5.97 Å². The summed E-state index contributed by atoms with van der Waals surface area (Å²) in [6.07, 6.45) is 0.881. The highest BCUT2D eigenvalue weighted by atomic mass is 35.5. The maximum absolute atomic E-state index is 11.7. The second kappa shape index (κ2) is 7.92. The highest BCUT2D eigenvalue weighted by Crippen LogP contribution is 2.34. The van der Waals surface area contributed by atoms with Crippen molar-refractivity contribution in [1.82, 2.24) is 10.3 Å². The third-order valence-electron chi connectivity index (χ3n) is 3.83. The van der Waals surface area contributed by atoms with E-state index < -0.39 is 16.9 Å². The van der Waals surface area contributed by atoms with E-state index in [1.165, 1.54) is 18.0 Å². The van der Waals surface area contributed by atoms with E-state index in [-0.39, 0.29) is 5.88 Å². The number of carboxylic acids is 1. The molecule has 9 heteroatoms. The molecular formula is C17H16Cl2N2O4S. The van der Waals surface area contributed by atoms with Crippen LogP contribution in [0.5, 0.6) is 17.4 Å². The molecule has 0 amide bonds. The Kier molecular flexibility index (Phi) is 5.82. The Hall–Kier alpha value is -1.67. The van der Waals surface area contributed by atoms with Crippen LogP contribution in [0.4, 0.5) is 0 Å². The molecule has 138 valence electrons. The van der Waals surface area contributed by atoms with Gasteiger partial charge in [-0.2, -0.15) is 0 Å². The van der Waals surface area contributed by atoms with Crippen LogP contribution in [-0.4, -0.2) is 39.3 Å². The van der Waals surface area contributed by atoms with Gasteiger partial charge in [-0.25, -0.2) is 9.78 Å². The smallest absolute Gasteiger partial charge is 0.338 e. The number of rotatable bonds is 6. The van der Waals surface area contributed by atoms with Gasteiger partial charge in [-0.15, -0.1) is 11.8 Å². The lowest BCUT2D eigenvalue weighted by Crippen LogP contribution is -2.55. The maximum atomic E-state index is 11.7. The number of hydrogen-bond donors (Lipinski definition) is 2. The van der Waals surface area contributed by atoms with Crippen molar-refractivity contribution in [1.29, 1.82) is 0 Å². The monoisotopic (exact) mass is 414 g/mol. The molecule has 1 fully saturated rings.